The second kappa shape index (κ2) is 5.64. The molecule has 98 valence electrons. The van der Waals surface area contributed by atoms with Gasteiger partial charge in [0, 0.05) is 30.2 Å². The Labute approximate surface area is 113 Å². The third-order valence-electron chi connectivity index (χ3n) is 3.89. The smallest absolute Gasteiger partial charge is 0.0561 e. The molecule has 0 spiro atoms. The van der Waals surface area contributed by atoms with Crippen LogP contribution in [0.5, 0.6) is 0 Å². The van der Waals surface area contributed by atoms with Crippen molar-refractivity contribution >= 4 is 11.8 Å². The number of benzene rings is 1. The number of ether oxygens (including phenoxy) is 1. The normalized spacial score (nSPS) is 31.9. The van der Waals surface area contributed by atoms with Crippen LogP contribution in [0.15, 0.2) is 24.3 Å². The van der Waals surface area contributed by atoms with Crippen LogP contribution in [-0.2, 0) is 10.5 Å². The minimum atomic E-state index is 0.405. The van der Waals surface area contributed by atoms with Gasteiger partial charge in [-0.2, -0.15) is 11.8 Å². The molecule has 0 saturated carbocycles. The number of hydrogen-bond donors (Lipinski definition) is 1. The standard InChI is InChI=1S/C15H21NOS/c1-11-8-13(6-7-17-11)16-15-10-18-9-12-4-2-3-5-14(12)15/h2-5,11,13,15-16H,6-10H2,1H3. The van der Waals surface area contributed by atoms with Crippen molar-refractivity contribution in [2.24, 2.45) is 0 Å². The average molecular weight is 263 g/mol. The number of hydrogen-bond acceptors (Lipinski definition) is 3. The van der Waals surface area contributed by atoms with Gasteiger partial charge in [0.15, 0.2) is 0 Å². The molecule has 1 saturated heterocycles. The minimum absolute atomic E-state index is 0.405. The Morgan fingerprint density at radius 1 is 1.33 bits per heavy atom. The highest BCUT2D eigenvalue weighted by Gasteiger charge is 2.25. The fourth-order valence-corrected chi connectivity index (χ4v) is 4.07. The van der Waals surface area contributed by atoms with Crippen LogP contribution in [0, 0.1) is 0 Å². The molecule has 3 heteroatoms. The van der Waals surface area contributed by atoms with Crippen molar-refractivity contribution in [3.8, 4) is 0 Å². The molecule has 2 aliphatic rings. The summed E-state index contributed by atoms with van der Waals surface area (Å²) >= 11 is 2.04. The average Bonchev–Trinajstić information content (AvgIpc) is 2.39. The molecule has 1 N–H and O–H groups in total. The second-order valence-corrected chi connectivity index (χ2v) is 6.37. The third-order valence-corrected chi connectivity index (χ3v) is 4.98. The van der Waals surface area contributed by atoms with E-state index in [-0.39, 0.29) is 0 Å². The molecule has 0 radical (unpaired) electrons. The lowest BCUT2D eigenvalue weighted by Crippen LogP contribution is -2.41. The van der Waals surface area contributed by atoms with Gasteiger partial charge in [0.25, 0.3) is 0 Å². The highest BCUT2D eigenvalue weighted by Crippen LogP contribution is 2.32. The first-order chi connectivity index (χ1) is 8.83. The molecular formula is C15H21NOS. The fourth-order valence-electron chi connectivity index (χ4n) is 2.95. The number of fused-ring (bicyclic) bond motifs is 1. The van der Waals surface area contributed by atoms with Crippen LogP contribution in [0.3, 0.4) is 0 Å². The molecule has 2 heterocycles. The maximum absolute atomic E-state index is 5.62. The Hall–Kier alpha value is -0.510. The largest absolute Gasteiger partial charge is 0.378 e. The van der Waals surface area contributed by atoms with E-state index in [1.165, 1.54) is 22.6 Å². The van der Waals surface area contributed by atoms with Crippen molar-refractivity contribution < 1.29 is 4.74 Å². The van der Waals surface area contributed by atoms with E-state index in [9.17, 15) is 0 Å². The molecule has 0 aliphatic carbocycles. The van der Waals surface area contributed by atoms with E-state index < -0.39 is 0 Å². The summed E-state index contributed by atoms with van der Waals surface area (Å²) in [6, 6.07) is 10.0. The summed E-state index contributed by atoms with van der Waals surface area (Å²) < 4.78 is 5.62. The first-order valence-corrected chi connectivity index (χ1v) is 8.01. The zero-order valence-electron chi connectivity index (χ0n) is 10.9. The molecule has 3 unspecified atom stereocenters. The summed E-state index contributed by atoms with van der Waals surface area (Å²) in [4.78, 5) is 0. The van der Waals surface area contributed by atoms with E-state index in [2.05, 4.69) is 36.5 Å². The predicted octanol–water partition coefficient (Wildman–Crippen LogP) is 3.13. The van der Waals surface area contributed by atoms with Crippen LogP contribution in [0.25, 0.3) is 0 Å². The summed E-state index contributed by atoms with van der Waals surface area (Å²) in [6.07, 6.45) is 2.69. The maximum atomic E-state index is 5.62. The summed E-state index contributed by atoms with van der Waals surface area (Å²) in [6.45, 7) is 3.08. The van der Waals surface area contributed by atoms with Gasteiger partial charge in [0.1, 0.15) is 0 Å². The Morgan fingerprint density at radius 2 is 2.22 bits per heavy atom. The van der Waals surface area contributed by atoms with Gasteiger partial charge in [-0.25, -0.2) is 0 Å². The summed E-state index contributed by atoms with van der Waals surface area (Å²) in [5.41, 5.74) is 3.02. The van der Waals surface area contributed by atoms with Gasteiger partial charge >= 0.3 is 0 Å². The monoisotopic (exact) mass is 263 g/mol. The minimum Gasteiger partial charge on any atom is -0.378 e. The van der Waals surface area contributed by atoms with Crippen molar-refractivity contribution in [3.05, 3.63) is 35.4 Å². The third kappa shape index (κ3) is 2.73. The SMILES string of the molecule is CC1CC(NC2CSCc3ccccc32)CCO1. The Kier molecular flexibility index (Phi) is 3.92. The van der Waals surface area contributed by atoms with Crippen LogP contribution < -0.4 is 5.32 Å². The Bertz CT molecular complexity index is 409. The molecule has 18 heavy (non-hydrogen) atoms. The van der Waals surface area contributed by atoms with Gasteiger partial charge < -0.3 is 10.1 Å². The van der Waals surface area contributed by atoms with Gasteiger partial charge in [0.2, 0.25) is 0 Å². The Morgan fingerprint density at radius 3 is 3.11 bits per heavy atom. The molecule has 1 aromatic carbocycles. The van der Waals surface area contributed by atoms with E-state index in [1.807, 2.05) is 11.8 Å². The lowest BCUT2D eigenvalue weighted by Gasteiger charge is -2.34. The van der Waals surface area contributed by atoms with Crippen LogP contribution in [-0.4, -0.2) is 24.5 Å². The molecule has 3 rings (SSSR count). The van der Waals surface area contributed by atoms with E-state index in [0.29, 0.717) is 18.2 Å². The van der Waals surface area contributed by atoms with Gasteiger partial charge in [-0.05, 0) is 30.9 Å². The van der Waals surface area contributed by atoms with Crippen LogP contribution in [0.2, 0.25) is 0 Å². The van der Waals surface area contributed by atoms with Gasteiger partial charge in [0.05, 0.1) is 6.10 Å². The van der Waals surface area contributed by atoms with Gasteiger partial charge in [-0.1, -0.05) is 24.3 Å². The quantitative estimate of drug-likeness (QED) is 0.886. The highest BCUT2D eigenvalue weighted by molar-refractivity contribution is 7.98. The summed E-state index contributed by atoms with van der Waals surface area (Å²) in [5.74, 6) is 2.36. The Balaban J connectivity index is 1.70. The summed E-state index contributed by atoms with van der Waals surface area (Å²) in [7, 11) is 0. The lowest BCUT2D eigenvalue weighted by molar-refractivity contribution is 0.0116. The van der Waals surface area contributed by atoms with E-state index in [1.54, 1.807) is 0 Å². The molecule has 2 aliphatic heterocycles. The topological polar surface area (TPSA) is 21.3 Å². The van der Waals surface area contributed by atoms with Crippen LogP contribution in [0.1, 0.15) is 36.9 Å². The molecule has 2 nitrogen and oxygen atoms in total. The number of rotatable bonds is 2. The fraction of sp³-hybridized carbons (Fsp3) is 0.600. The lowest BCUT2D eigenvalue weighted by atomic mass is 9.98. The van der Waals surface area contributed by atoms with Gasteiger partial charge in [-0.15, -0.1) is 0 Å². The molecule has 0 amide bonds. The highest BCUT2D eigenvalue weighted by atomic mass is 32.2. The second-order valence-electron chi connectivity index (χ2n) is 5.34. The van der Waals surface area contributed by atoms with Crippen molar-refractivity contribution in [2.45, 2.75) is 43.7 Å². The first-order valence-electron chi connectivity index (χ1n) is 6.86. The van der Waals surface area contributed by atoms with E-state index in [0.717, 1.165) is 19.4 Å². The van der Waals surface area contributed by atoms with E-state index >= 15 is 0 Å². The molecule has 0 aromatic heterocycles. The van der Waals surface area contributed by atoms with E-state index in [4.69, 9.17) is 4.74 Å². The van der Waals surface area contributed by atoms with Crippen molar-refractivity contribution in [1.29, 1.82) is 0 Å². The first kappa shape index (κ1) is 12.5. The van der Waals surface area contributed by atoms with Crippen molar-refractivity contribution in [2.75, 3.05) is 12.4 Å². The number of thioether (sulfide) groups is 1. The van der Waals surface area contributed by atoms with Crippen molar-refractivity contribution in [1.82, 2.24) is 5.32 Å². The molecular weight excluding hydrogens is 242 g/mol. The molecule has 1 fully saturated rings. The van der Waals surface area contributed by atoms with Crippen LogP contribution >= 0.6 is 11.8 Å². The molecule has 3 atom stereocenters. The van der Waals surface area contributed by atoms with Crippen LogP contribution in [0.4, 0.5) is 0 Å². The van der Waals surface area contributed by atoms with Crippen molar-refractivity contribution in [3.63, 3.8) is 0 Å². The predicted molar refractivity (Wildman–Crippen MR) is 76.9 cm³/mol. The molecule has 0 bridgehead atoms. The zero-order chi connectivity index (χ0) is 12.4. The molecule has 1 aromatic rings. The zero-order valence-corrected chi connectivity index (χ0v) is 11.7. The van der Waals surface area contributed by atoms with Gasteiger partial charge in [-0.3, -0.25) is 0 Å². The maximum Gasteiger partial charge on any atom is 0.0561 e. The number of nitrogens with one attached hydrogen (secondary N) is 1. The summed E-state index contributed by atoms with van der Waals surface area (Å²) in [5, 5.41) is 3.84.